The highest BCUT2D eigenvalue weighted by Crippen LogP contribution is 2.29. The molecule has 0 fully saturated rings. The van der Waals surface area contributed by atoms with Crippen molar-refractivity contribution >= 4 is 74.6 Å². The SMILES string of the molecule is Cc1cc(Cl)c(Cl)cc1S(=O)(=O)Nc1ccc2cn[nH]c2c1.Cl.Cl. The standard InChI is InChI=1S/C14H11Cl2N3O2S.2ClH/c1-8-4-11(15)12(16)6-14(8)22(20,21)19-10-3-2-9-7-17-18-13(9)5-10;;/h2-7,19H,1H3,(H,17,18);2*1H. The van der Waals surface area contributed by atoms with Gasteiger partial charge in [0.25, 0.3) is 10.0 Å². The van der Waals surface area contributed by atoms with Crippen LogP contribution in [-0.2, 0) is 10.0 Å². The van der Waals surface area contributed by atoms with Gasteiger partial charge in [0.15, 0.2) is 0 Å². The molecule has 3 rings (SSSR count). The Morgan fingerprint density at radius 3 is 2.46 bits per heavy atom. The van der Waals surface area contributed by atoms with Crippen LogP contribution in [0.4, 0.5) is 5.69 Å². The summed E-state index contributed by atoms with van der Waals surface area (Å²) in [6.45, 7) is 1.66. The summed E-state index contributed by atoms with van der Waals surface area (Å²) in [5, 5.41) is 8.09. The van der Waals surface area contributed by atoms with Crippen LogP contribution in [0.5, 0.6) is 0 Å². The van der Waals surface area contributed by atoms with Gasteiger partial charge in [-0.25, -0.2) is 8.42 Å². The highest BCUT2D eigenvalue weighted by Gasteiger charge is 2.19. The first-order chi connectivity index (χ1) is 10.4. The van der Waals surface area contributed by atoms with Crippen molar-refractivity contribution in [1.82, 2.24) is 10.2 Å². The Morgan fingerprint density at radius 1 is 1.08 bits per heavy atom. The van der Waals surface area contributed by atoms with E-state index in [4.69, 9.17) is 23.2 Å². The minimum absolute atomic E-state index is 0. The maximum Gasteiger partial charge on any atom is 0.262 e. The van der Waals surface area contributed by atoms with Gasteiger partial charge in [-0.2, -0.15) is 5.10 Å². The molecule has 130 valence electrons. The average molecular weight is 429 g/mol. The first kappa shape index (κ1) is 20.9. The molecule has 0 aliphatic heterocycles. The van der Waals surface area contributed by atoms with Crippen molar-refractivity contribution in [3.63, 3.8) is 0 Å². The fourth-order valence-electron chi connectivity index (χ4n) is 2.13. The fraction of sp³-hybridized carbons (Fsp3) is 0.0714. The van der Waals surface area contributed by atoms with Gasteiger partial charge in [0.05, 0.1) is 32.3 Å². The number of hydrogen-bond donors (Lipinski definition) is 2. The van der Waals surface area contributed by atoms with Gasteiger partial charge in [-0.15, -0.1) is 24.8 Å². The van der Waals surface area contributed by atoms with Crippen molar-refractivity contribution in [2.75, 3.05) is 4.72 Å². The van der Waals surface area contributed by atoms with Crippen LogP contribution in [0.15, 0.2) is 41.4 Å². The molecule has 0 atom stereocenters. The first-order valence-electron chi connectivity index (χ1n) is 6.28. The smallest absolute Gasteiger partial charge is 0.262 e. The van der Waals surface area contributed by atoms with E-state index in [1.807, 2.05) is 0 Å². The van der Waals surface area contributed by atoms with Crippen LogP contribution in [0.3, 0.4) is 0 Å². The van der Waals surface area contributed by atoms with Crippen LogP contribution in [0.1, 0.15) is 5.56 Å². The number of halogens is 4. The molecule has 0 unspecified atom stereocenters. The zero-order chi connectivity index (χ0) is 15.9. The first-order valence-corrected chi connectivity index (χ1v) is 8.52. The monoisotopic (exact) mass is 427 g/mol. The van der Waals surface area contributed by atoms with Crippen LogP contribution < -0.4 is 4.72 Å². The number of aryl methyl sites for hydroxylation is 1. The summed E-state index contributed by atoms with van der Waals surface area (Å²) in [7, 11) is -3.76. The quantitative estimate of drug-likeness (QED) is 0.627. The molecule has 3 aromatic rings. The molecular weight excluding hydrogens is 416 g/mol. The van der Waals surface area contributed by atoms with Crippen LogP contribution in [0.2, 0.25) is 10.0 Å². The molecule has 1 aromatic heterocycles. The molecule has 0 aliphatic carbocycles. The lowest BCUT2D eigenvalue weighted by molar-refractivity contribution is 0.600. The van der Waals surface area contributed by atoms with Gasteiger partial charge in [-0.05, 0) is 42.8 Å². The second kappa shape index (κ2) is 7.80. The number of aromatic amines is 1. The summed E-state index contributed by atoms with van der Waals surface area (Å²) < 4.78 is 27.6. The zero-order valence-corrected chi connectivity index (χ0v) is 16.2. The number of sulfonamides is 1. The molecule has 0 saturated carbocycles. The predicted octanol–water partition coefficient (Wildman–Crippen LogP) is 4.82. The second-order valence-electron chi connectivity index (χ2n) is 4.81. The molecular formula is C14H13Cl4N3O2S. The second-order valence-corrected chi connectivity index (χ2v) is 7.27. The molecule has 0 amide bonds. The maximum atomic E-state index is 12.5. The lowest BCUT2D eigenvalue weighted by Gasteiger charge is -2.11. The van der Waals surface area contributed by atoms with Crippen molar-refractivity contribution in [3.8, 4) is 0 Å². The Morgan fingerprint density at radius 2 is 1.75 bits per heavy atom. The largest absolute Gasteiger partial charge is 0.280 e. The lowest BCUT2D eigenvalue weighted by Crippen LogP contribution is -2.14. The average Bonchev–Trinajstić information content (AvgIpc) is 2.89. The van der Waals surface area contributed by atoms with Gasteiger partial charge in [0.1, 0.15) is 0 Å². The number of rotatable bonds is 3. The van der Waals surface area contributed by atoms with Crippen LogP contribution in [0.25, 0.3) is 10.9 Å². The number of nitrogens with zero attached hydrogens (tertiary/aromatic N) is 1. The summed E-state index contributed by atoms with van der Waals surface area (Å²) in [4.78, 5) is 0.0895. The Balaban J connectivity index is 0.00000144. The highest BCUT2D eigenvalue weighted by atomic mass is 35.5. The van der Waals surface area contributed by atoms with Crippen molar-refractivity contribution in [2.45, 2.75) is 11.8 Å². The number of H-pyrrole nitrogens is 1. The Kier molecular flexibility index (Phi) is 6.78. The molecule has 2 aromatic carbocycles. The van der Waals surface area contributed by atoms with Crippen molar-refractivity contribution in [1.29, 1.82) is 0 Å². The molecule has 0 radical (unpaired) electrons. The van der Waals surface area contributed by atoms with Gasteiger partial charge in [0.2, 0.25) is 0 Å². The van der Waals surface area contributed by atoms with E-state index in [9.17, 15) is 8.42 Å². The van der Waals surface area contributed by atoms with E-state index in [-0.39, 0.29) is 34.7 Å². The summed E-state index contributed by atoms with van der Waals surface area (Å²) in [5.74, 6) is 0. The molecule has 2 N–H and O–H groups in total. The summed E-state index contributed by atoms with van der Waals surface area (Å²) >= 11 is 11.8. The highest BCUT2D eigenvalue weighted by molar-refractivity contribution is 7.92. The summed E-state index contributed by atoms with van der Waals surface area (Å²) in [5.41, 5.74) is 1.69. The molecule has 5 nitrogen and oxygen atoms in total. The number of aromatic nitrogens is 2. The molecule has 0 saturated heterocycles. The van der Waals surface area contributed by atoms with Crippen molar-refractivity contribution in [3.05, 3.63) is 52.1 Å². The maximum absolute atomic E-state index is 12.5. The third kappa shape index (κ3) is 4.07. The Bertz CT molecular complexity index is 973. The van der Waals surface area contributed by atoms with Crippen LogP contribution >= 0.6 is 48.0 Å². The van der Waals surface area contributed by atoms with E-state index in [1.165, 1.54) is 12.1 Å². The fourth-order valence-corrected chi connectivity index (χ4v) is 3.88. The minimum atomic E-state index is -3.76. The molecule has 0 spiro atoms. The van der Waals surface area contributed by atoms with E-state index >= 15 is 0 Å². The van der Waals surface area contributed by atoms with Gasteiger partial charge >= 0.3 is 0 Å². The Hall–Kier alpha value is -1.18. The molecule has 10 heteroatoms. The molecule has 1 heterocycles. The zero-order valence-electron chi connectivity index (χ0n) is 12.2. The van der Waals surface area contributed by atoms with E-state index in [1.54, 1.807) is 31.3 Å². The number of nitrogens with one attached hydrogen (secondary N) is 2. The van der Waals surface area contributed by atoms with Gasteiger partial charge in [0, 0.05) is 5.39 Å². The number of hydrogen-bond acceptors (Lipinski definition) is 3. The minimum Gasteiger partial charge on any atom is -0.280 e. The lowest BCUT2D eigenvalue weighted by atomic mass is 10.2. The van der Waals surface area contributed by atoms with E-state index < -0.39 is 10.0 Å². The van der Waals surface area contributed by atoms with E-state index in [0.717, 1.165) is 10.9 Å². The van der Waals surface area contributed by atoms with Crippen molar-refractivity contribution in [2.24, 2.45) is 0 Å². The number of benzene rings is 2. The van der Waals surface area contributed by atoms with Gasteiger partial charge in [-0.3, -0.25) is 9.82 Å². The predicted molar refractivity (Wildman–Crippen MR) is 103 cm³/mol. The third-order valence-electron chi connectivity index (χ3n) is 3.20. The van der Waals surface area contributed by atoms with Gasteiger partial charge in [-0.1, -0.05) is 23.2 Å². The normalized spacial score (nSPS) is 10.8. The third-order valence-corrected chi connectivity index (χ3v) is 5.45. The summed E-state index contributed by atoms with van der Waals surface area (Å²) in [6, 6.07) is 7.99. The van der Waals surface area contributed by atoms with Crippen LogP contribution in [0, 0.1) is 6.92 Å². The van der Waals surface area contributed by atoms with E-state index in [0.29, 0.717) is 16.3 Å². The van der Waals surface area contributed by atoms with Crippen LogP contribution in [-0.4, -0.2) is 18.6 Å². The molecule has 0 aliphatic rings. The molecule has 24 heavy (non-hydrogen) atoms. The van der Waals surface area contributed by atoms with E-state index in [2.05, 4.69) is 14.9 Å². The number of anilines is 1. The Labute approximate surface area is 161 Å². The number of fused-ring (bicyclic) bond motifs is 1. The topological polar surface area (TPSA) is 74.8 Å². The summed E-state index contributed by atoms with van der Waals surface area (Å²) in [6.07, 6.45) is 1.66. The van der Waals surface area contributed by atoms with Gasteiger partial charge < -0.3 is 0 Å². The van der Waals surface area contributed by atoms with Crippen molar-refractivity contribution < 1.29 is 8.42 Å². The molecule has 0 bridgehead atoms.